The summed E-state index contributed by atoms with van der Waals surface area (Å²) in [6.45, 7) is 10.1. The van der Waals surface area contributed by atoms with Crippen molar-refractivity contribution in [3.63, 3.8) is 0 Å². The van der Waals surface area contributed by atoms with Crippen LogP contribution >= 0.6 is 35.0 Å². The summed E-state index contributed by atoms with van der Waals surface area (Å²) in [5.41, 5.74) is 4.88. The van der Waals surface area contributed by atoms with Crippen molar-refractivity contribution < 1.29 is 19.1 Å². The highest BCUT2D eigenvalue weighted by atomic mass is 127. The molecule has 0 saturated heterocycles. The Morgan fingerprint density at radius 2 is 1.31 bits per heavy atom. The Hall–Kier alpha value is -0.120. The number of rotatable bonds is 14. The maximum Gasteiger partial charge on any atom is 0.319 e. The zero-order valence-corrected chi connectivity index (χ0v) is 21.4. The molecular formula is C21H48ClIN2O4. The number of ether oxygens (including phenoxy) is 2. The molecule has 6 nitrogen and oxygen atoms in total. The molecule has 29 heavy (non-hydrogen) atoms. The topological polar surface area (TPSA) is 90.6 Å². The maximum atomic E-state index is 10.8. The standard InChI is InChI=1S/C10H21NO2.C6H13I.C4H9NO2.CH4.ClH/c1-3-5-6-7-8-11-9-10(12)13-4-2;1-2-3-4-5-6-7;1-2-7-4(6)3-5;;/h11H,3-9H2,1-2H3;2-6H2,1H3;2-3,5H2,1H3;1H4;1H. The molecule has 0 aromatic carbocycles. The van der Waals surface area contributed by atoms with E-state index in [4.69, 9.17) is 10.5 Å². The van der Waals surface area contributed by atoms with Crippen molar-refractivity contribution in [1.29, 1.82) is 0 Å². The average molecular weight is 555 g/mol. The van der Waals surface area contributed by atoms with Crippen molar-refractivity contribution in [3.8, 4) is 0 Å². The molecule has 0 aliphatic rings. The number of hydrogen-bond acceptors (Lipinski definition) is 6. The van der Waals surface area contributed by atoms with Gasteiger partial charge in [0.25, 0.3) is 0 Å². The van der Waals surface area contributed by atoms with E-state index >= 15 is 0 Å². The summed E-state index contributed by atoms with van der Waals surface area (Å²) in [6, 6.07) is 0. The predicted molar refractivity (Wildman–Crippen MR) is 136 cm³/mol. The van der Waals surface area contributed by atoms with Gasteiger partial charge in [0.2, 0.25) is 0 Å². The van der Waals surface area contributed by atoms with Crippen LogP contribution in [0.2, 0.25) is 0 Å². The maximum absolute atomic E-state index is 10.8. The number of carbonyl (C=O) groups is 2. The largest absolute Gasteiger partial charge is 0.465 e. The minimum absolute atomic E-state index is 0. The minimum atomic E-state index is -0.345. The summed E-state index contributed by atoms with van der Waals surface area (Å²) in [6.07, 6.45) is 10.5. The Labute approximate surface area is 200 Å². The van der Waals surface area contributed by atoms with Crippen LogP contribution in [-0.2, 0) is 19.1 Å². The highest BCUT2D eigenvalue weighted by Crippen LogP contribution is 2.00. The molecular weight excluding hydrogens is 507 g/mol. The summed E-state index contributed by atoms with van der Waals surface area (Å²) >= 11 is 2.43. The fourth-order valence-electron chi connectivity index (χ4n) is 1.82. The molecule has 0 unspecified atom stereocenters. The molecule has 0 bridgehead atoms. The van der Waals surface area contributed by atoms with Crippen molar-refractivity contribution in [2.45, 2.75) is 86.5 Å². The third-order valence-electron chi connectivity index (χ3n) is 3.24. The molecule has 180 valence electrons. The van der Waals surface area contributed by atoms with Gasteiger partial charge in [-0.15, -0.1) is 12.4 Å². The molecule has 3 N–H and O–H groups in total. The molecule has 0 radical (unpaired) electrons. The Bertz CT molecular complexity index is 308. The van der Waals surface area contributed by atoms with Gasteiger partial charge in [-0.2, -0.15) is 0 Å². The van der Waals surface area contributed by atoms with E-state index in [1.165, 1.54) is 49.4 Å². The normalized spacial score (nSPS) is 8.76. The van der Waals surface area contributed by atoms with Gasteiger partial charge in [-0.05, 0) is 37.7 Å². The van der Waals surface area contributed by atoms with Gasteiger partial charge in [-0.1, -0.05) is 82.4 Å². The van der Waals surface area contributed by atoms with E-state index in [2.05, 4.69) is 46.5 Å². The molecule has 8 heteroatoms. The lowest BCUT2D eigenvalue weighted by atomic mass is 10.2. The summed E-state index contributed by atoms with van der Waals surface area (Å²) in [5.74, 6) is -0.500. The number of alkyl halides is 1. The summed E-state index contributed by atoms with van der Waals surface area (Å²) < 4.78 is 10.5. The van der Waals surface area contributed by atoms with E-state index in [1.54, 1.807) is 6.92 Å². The third-order valence-corrected chi connectivity index (χ3v) is 4.00. The van der Waals surface area contributed by atoms with Crippen LogP contribution in [0.1, 0.15) is 86.5 Å². The lowest BCUT2D eigenvalue weighted by Crippen LogP contribution is -2.25. The zero-order chi connectivity index (χ0) is 21.2. The van der Waals surface area contributed by atoms with Crippen LogP contribution in [0.4, 0.5) is 0 Å². The molecule has 0 rings (SSSR count). The number of esters is 2. The first-order valence-electron chi connectivity index (χ1n) is 10.3. The number of carbonyl (C=O) groups excluding carboxylic acids is 2. The van der Waals surface area contributed by atoms with Crippen LogP contribution < -0.4 is 11.1 Å². The fraction of sp³-hybridized carbons (Fsp3) is 0.905. The Kier molecular flexibility index (Phi) is 52.2. The third kappa shape index (κ3) is 47.2. The van der Waals surface area contributed by atoms with E-state index in [1.807, 2.05) is 6.92 Å². The van der Waals surface area contributed by atoms with Gasteiger partial charge < -0.3 is 20.5 Å². The van der Waals surface area contributed by atoms with Gasteiger partial charge in [-0.3, -0.25) is 9.59 Å². The lowest BCUT2D eigenvalue weighted by Gasteiger charge is -2.03. The predicted octanol–water partition coefficient (Wildman–Crippen LogP) is 5.29. The van der Waals surface area contributed by atoms with E-state index in [-0.39, 0.29) is 38.3 Å². The molecule has 0 spiro atoms. The van der Waals surface area contributed by atoms with Crippen LogP contribution in [0, 0.1) is 0 Å². The van der Waals surface area contributed by atoms with E-state index in [9.17, 15) is 9.59 Å². The molecule has 0 heterocycles. The Morgan fingerprint density at radius 3 is 1.69 bits per heavy atom. The minimum Gasteiger partial charge on any atom is -0.465 e. The molecule has 0 aromatic heterocycles. The van der Waals surface area contributed by atoms with Crippen LogP contribution in [-0.4, -0.2) is 49.2 Å². The second-order valence-electron chi connectivity index (χ2n) is 5.80. The first-order valence-corrected chi connectivity index (χ1v) is 11.8. The summed E-state index contributed by atoms with van der Waals surface area (Å²) in [7, 11) is 0. The molecule has 0 saturated carbocycles. The Balaban J connectivity index is -0.000000104. The smallest absolute Gasteiger partial charge is 0.319 e. The van der Waals surface area contributed by atoms with Crippen LogP contribution in [0.15, 0.2) is 0 Å². The van der Waals surface area contributed by atoms with E-state index < -0.39 is 0 Å². The van der Waals surface area contributed by atoms with Gasteiger partial charge >= 0.3 is 11.9 Å². The van der Waals surface area contributed by atoms with Gasteiger partial charge in [0.05, 0.1) is 26.3 Å². The van der Waals surface area contributed by atoms with Crippen LogP contribution in [0.25, 0.3) is 0 Å². The number of nitrogens with one attached hydrogen (secondary N) is 1. The van der Waals surface area contributed by atoms with Gasteiger partial charge in [0, 0.05) is 0 Å². The number of unbranched alkanes of at least 4 members (excludes halogenated alkanes) is 6. The van der Waals surface area contributed by atoms with Crippen LogP contribution in [0.3, 0.4) is 0 Å². The SMILES string of the molecule is C.CCCCCCI.CCCCCCNCC(=O)OCC.CCOC(=O)CN.Cl. The lowest BCUT2D eigenvalue weighted by molar-refractivity contribution is -0.142. The highest BCUT2D eigenvalue weighted by Gasteiger charge is 1.98. The number of hydrogen-bond donors (Lipinski definition) is 2. The van der Waals surface area contributed by atoms with Crippen molar-refractivity contribution in [1.82, 2.24) is 5.32 Å². The van der Waals surface area contributed by atoms with Gasteiger partial charge in [0.15, 0.2) is 0 Å². The van der Waals surface area contributed by atoms with Crippen molar-refractivity contribution in [2.75, 3.05) is 37.3 Å². The van der Waals surface area contributed by atoms with E-state index in [0.29, 0.717) is 19.8 Å². The summed E-state index contributed by atoms with van der Waals surface area (Å²) in [4.78, 5) is 20.9. The quantitative estimate of drug-likeness (QED) is 0.131. The summed E-state index contributed by atoms with van der Waals surface area (Å²) in [5, 5.41) is 3.05. The number of halogens is 2. The van der Waals surface area contributed by atoms with Crippen LogP contribution in [0.5, 0.6) is 0 Å². The first-order chi connectivity index (χ1) is 13.0. The number of nitrogens with two attached hydrogens (primary N) is 1. The molecule has 0 aliphatic heterocycles. The van der Waals surface area contributed by atoms with Gasteiger partial charge in [0.1, 0.15) is 0 Å². The molecule has 0 aliphatic carbocycles. The average Bonchev–Trinajstić information content (AvgIpc) is 2.66. The van der Waals surface area contributed by atoms with Crippen molar-refractivity contribution in [2.24, 2.45) is 5.73 Å². The zero-order valence-electron chi connectivity index (χ0n) is 18.4. The molecule has 0 fully saturated rings. The molecule has 0 atom stereocenters. The van der Waals surface area contributed by atoms with E-state index in [0.717, 1.165) is 13.0 Å². The first kappa shape index (κ1) is 39.4. The van der Waals surface area contributed by atoms with Gasteiger partial charge in [-0.25, -0.2) is 0 Å². The monoisotopic (exact) mass is 554 g/mol. The second-order valence-corrected chi connectivity index (χ2v) is 6.88. The Morgan fingerprint density at radius 1 is 0.828 bits per heavy atom. The highest BCUT2D eigenvalue weighted by molar-refractivity contribution is 14.1. The van der Waals surface area contributed by atoms with Crippen molar-refractivity contribution in [3.05, 3.63) is 0 Å². The molecule has 0 aromatic rings. The molecule has 0 amide bonds. The van der Waals surface area contributed by atoms with Crippen molar-refractivity contribution >= 4 is 46.9 Å². The fourth-order valence-corrected chi connectivity index (χ4v) is 2.36. The second kappa shape index (κ2) is 38.5.